The van der Waals surface area contributed by atoms with Gasteiger partial charge in [-0.2, -0.15) is 0 Å². The van der Waals surface area contributed by atoms with Crippen molar-refractivity contribution in [3.8, 4) is 5.75 Å². The molecule has 0 spiro atoms. The minimum atomic E-state index is -3.90. The number of fused-ring (bicyclic) bond motifs is 5. The third-order valence-corrected chi connectivity index (χ3v) is 9.35. The van der Waals surface area contributed by atoms with Gasteiger partial charge in [-0.15, -0.1) is 0 Å². The summed E-state index contributed by atoms with van der Waals surface area (Å²) in [6.45, 7) is 7.06. The number of methoxy groups -OCH3 is 1. The monoisotopic (exact) mass is 480 g/mol. The molecule has 6 nitrogen and oxygen atoms in total. The normalized spacial score (nSPS) is 23.1. The van der Waals surface area contributed by atoms with Crippen LogP contribution in [0.3, 0.4) is 0 Å². The van der Waals surface area contributed by atoms with Gasteiger partial charge in [0.1, 0.15) is 11.5 Å². The molecule has 2 atom stereocenters. The van der Waals surface area contributed by atoms with Crippen molar-refractivity contribution >= 4 is 26.7 Å². The van der Waals surface area contributed by atoms with E-state index in [1.165, 1.54) is 3.97 Å². The molecule has 2 aromatic carbocycles. The zero-order chi connectivity index (χ0) is 24.3. The van der Waals surface area contributed by atoms with E-state index in [0.29, 0.717) is 24.1 Å². The van der Waals surface area contributed by atoms with E-state index in [4.69, 9.17) is 4.74 Å². The van der Waals surface area contributed by atoms with Gasteiger partial charge in [0.05, 0.1) is 29.3 Å². The summed E-state index contributed by atoms with van der Waals surface area (Å²) in [4.78, 5) is 15.6. The minimum absolute atomic E-state index is 0.201. The lowest BCUT2D eigenvalue weighted by molar-refractivity contribution is -0.130. The SMILES string of the molecule is CCC[C@]1(C)CC(=O)C[C@H]2c3c(c4ccc(OC)cc4n3S(=O)(=O)c3ccc(C)cc3)CCN21. The topological polar surface area (TPSA) is 68.6 Å². The van der Waals surface area contributed by atoms with Crippen molar-refractivity contribution in [3.63, 3.8) is 0 Å². The Hall–Kier alpha value is -2.64. The van der Waals surface area contributed by atoms with E-state index in [1.807, 2.05) is 31.2 Å². The fourth-order valence-corrected chi connectivity index (χ4v) is 7.69. The molecular formula is C27H32N2O4S. The van der Waals surface area contributed by atoms with Gasteiger partial charge in [-0.3, -0.25) is 9.69 Å². The van der Waals surface area contributed by atoms with Gasteiger partial charge >= 0.3 is 0 Å². The first-order valence-electron chi connectivity index (χ1n) is 12.0. The van der Waals surface area contributed by atoms with Crippen LogP contribution in [0.25, 0.3) is 10.9 Å². The van der Waals surface area contributed by atoms with Crippen LogP contribution in [0.15, 0.2) is 47.4 Å². The van der Waals surface area contributed by atoms with Crippen LogP contribution in [-0.2, 0) is 21.2 Å². The second-order valence-corrected chi connectivity index (χ2v) is 11.7. The number of hydrogen-bond donors (Lipinski definition) is 0. The first-order valence-corrected chi connectivity index (χ1v) is 13.5. The summed E-state index contributed by atoms with van der Waals surface area (Å²) in [5, 5.41) is 0.918. The number of carbonyl (C=O) groups is 1. The predicted octanol–water partition coefficient (Wildman–Crippen LogP) is 5.02. The van der Waals surface area contributed by atoms with E-state index in [2.05, 4.69) is 18.7 Å². The van der Waals surface area contributed by atoms with Gasteiger partial charge < -0.3 is 4.74 Å². The number of aromatic nitrogens is 1. The Morgan fingerprint density at radius 1 is 1.15 bits per heavy atom. The molecule has 0 unspecified atom stereocenters. The van der Waals surface area contributed by atoms with Crippen LogP contribution in [0.1, 0.15) is 62.4 Å². The molecule has 0 aliphatic carbocycles. The Balaban J connectivity index is 1.80. The molecule has 0 amide bonds. The smallest absolute Gasteiger partial charge is 0.268 e. The fraction of sp³-hybridized carbons (Fsp3) is 0.444. The van der Waals surface area contributed by atoms with Gasteiger partial charge in [-0.1, -0.05) is 31.0 Å². The molecule has 5 rings (SSSR count). The van der Waals surface area contributed by atoms with E-state index in [0.717, 1.165) is 48.0 Å². The van der Waals surface area contributed by atoms with Crippen LogP contribution in [0.4, 0.5) is 0 Å². The first-order chi connectivity index (χ1) is 16.2. The van der Waals surface area contributed by atoms with Crippen molar-refractivity contribution in [2.24, 2.45) is 0 Å². The number of Topliss-reactive ketones (excluding diaryl/α,β-unsaturated/α-hetero) is 1. The lowest BCUT2D eigenvalue weighted by atomic mass is 9.77. The Morgan fingerprint density at radius 3 is 2.56 bits per heavy atom. The van der Waals surface area contributed by atoms with Gasteiger partial charge in [-0.25, -0.2) is 12.4 Å². The highest BCUT2D eigenvalue weighted by molar-refractivity contribution is 7.90. The molecule has 34 heavy (non-hydrogen) atoms. The molecular weight excluding hydrogens is 448 g/mol. The highest BCUT2D eigenvalue weighted by Crippen LogP contribution is 2.48. The number of aryl methyl sites for hydroxylation is 1. The summed E-state index contributed by atoms with van der Waals surface area (Å²) >= 11 is 0. The first kappa shape index (κ1) is 23.1. The number of hydrogen-bond acceptors (Lipinski definition) is 5. The van der Waals surface area contributed by atoms with Crippen LogP contribution in [0, 0.1) is 6.92 Å². The number of piperidine rings is 1. The highest BCUT2D eigenvalue weighted by atomic mass is 32.2. The molecule has 7 heteroatoms. The van der Waals surface area contributed by atoms with Gasteiger partial charge in [-0.05, 0) is 56.5 Å². The van der Waals surface area contributed by atoms with Gasteiger partial charge in [0.25, 0.3) is 10.0 Å². The predicted molar refractivity (Wildman–Crippen MR) is 133 cm³/mol. The maximum atomic E-state index is 14.2. The Kier molecular flexibility index (Phi) is 5.60. The van der Waals surface area contributed by atoms with Gasteiger partial charge in [0, 0.05) is 36.4 Å². The lowest BCUT2D eigenvalue weighted by Gasteiger charge is -2.51. The molecule has 2 aliphatic heterocycles. The van der Waals surface area contributed by atoms with E-state index in [-0.39, 0.29) is 22.3 Å². The van der Waals surface area contributed by atoms with Crippen LogP contribution >= 0.6 is 0 Å². The molecule has 0 saturated carbocycles. The maximum absolute atomic E-state index is 14.2. The zero-order valence-electron chi connectivity index (χ0n) is 20.3. The summed E-state index contributed by atoms with van der Waals surface area (Å²) in [5.74, 6) is 0.808. The molecule has 180 valence electrons. The minimum Gasteiger partial charge on any atom is -0.497 e. The van der Waals surface area contributed by atoms with Crippen LogP contribution in [-0.4, -0.2) is 42.3 Å². The van der Waals surface area contributed by atoms with Crippen molar-refractivity contribution in [2.45, 2.75) is 69.4 Å². The number of rotatable bonds is 5. The number of benzene rings is 2. The average Bonchev–Trinajstić information content (AvgIpc) is 3.14. The summed E-state index contributed by atoms with van der Waals surface area (Å²) in [5.41, 5.74) is 3.12. The number of nitrogens with zero attached hydrogens (tertiary/aromatic N) is 2. The Morgan fingerprint density at radius 2 is 1.88 bits per heavy atom. The molecule has 2 aliphatic rings. The second kappa shape index (κ2) is 8.24. The molecule has 1 aromatic heterocycles. The van der Waals surface area contributed by atoms with E-state index in [1.54, 1.807) is 25.3 Å². The van der Waals surface area contributed by atoms with Crippen LogP contribution in [0.5, 0.6) is 5.75 Å². The van der Waals surface area contributed by atoms with Crippen molar-refractivity contribution in [1.82, 2.24) is 8.87 Å². The molecule has 1 saturated heterocycles. The fourth-order valence-electron chi connectivity index (χ4n) is 6.10. The average molecular weight is 481 g/mol. The standard InChI is InChI=1S/C27H32N2O4S/c1-5-13-27(3)17-19(30)15-25-26-23(12-14-28(25)27)22-11-8-20(33-4)16-24(22)29(26)34(31,32)21-9-6-18(2)7-10-21/h6-11,16,25H,5,12-15,17H2,1-4H3/t25-,27+/m0/s1. The molecule has 0 radical (unpaired) electrons. The third-order valence-electron chi connectivity index (χ3n) is 7.61. The third kappa shape index (κ3) is 3.48. The molecule has 0 bridgehead atoms. The Labute approximate surface area is 201 Å². The van der Waals surface area contributed by atoms with Crippen LogP contribution in [0.2, 0.25) is 0 Å². The summed E-state index contributed by atoms with van der Waals surface area (Å²) in [6, 6.07) is 12.3. The van der Waals surface area contributed by atoms with Crippen molar-refractivity contribution in [2.75, 3.05) is 13.7 Å². The quantitative estimate of drug-likeness (QED) is 0.513. The molecule has 3 aromatic rings. The number of carbonyl (C=O) groups excluding carboxylic acids is 1. The molecule has 1 fully saturated rings. The van der Waals surface area contributed by atoms with E-state index >= 15 is 0 Å². The maximum Gasteiger partial charge on any atom is 0.268 e. The van der Waals surface area contributed by atoms with Crippen LogP contribution < -0.4 is 4.74 Å². The summed E-state index contributed by atoms with van der Waals surface area (Å²) in [6.07, 6.45) is 3.48. The molecule has 3 heterocycles. The van der Waals surface area contributed by atoms with Crippen molar-refractivity contribution in [3.05, 3.63) is 59.3 Å². The number of ether oxygens (including phenoxy) is 1. The van der Waals surface area contributed by atoms with Gasteiger partial charge in [0.15, 0.2) is 0 Å². The lowest BCUT2D eigenvalue weighted by Crippen LogP contribution is -2.56. The second-order valence-electron chi connectivity index (χ2n) is 9.96. The van der Waals surface area contributed by atoms with E-state index in [9.17, 15) is 13.2 Å². The van der Waals surface area contributed by atoms with Crippen molar-refractivity contribution < 1.29 is 17.9 Å². The number of ketones is 1. The molecule has 0 N–H and O–H groups in total. The van der Waals surface area contributed by atoms with Gasteiger partial charge in [0.2, 0.25) is 0 Å². The summed E-state index contributed by atoms with van der Waals surface area (Å²) in [7, 11) is -2.32. The largest absolute Gasteiger partial charge is 0.497 e. The zero-order valence-corrected chi connectivity index (χ0v) is 21.1. The van der Waals surface area contributed by atoms with E-state index < -0.39 is 10.0 Å². The Bertz CT molecular complexity index is 1370. The van der Waals surface area contributed by atoms with Crippen molar-refractivity contribution in [1.29, 1.82) is 0 Å². The summed E-state index contributed by atoms with van der Waals surface area (Å²) < 4.78 is 35.3. The highest BCUT2D eigenvalue weighted by Gasteiger charge is 2.48.